The molecule has 0 fully saturated rings. The highest BCUT2D eigenvalue weighted by Crippen LogP contribution is 2.12. The standard InChI is InChI=1S/C10H14N6O/c1-15(6-8-12-3-4-13-8)10(17)9-7(11)5-14-16(9)2/h3-5H,6,11H2,1-2H3,(H,12,13). The van der Waals surface area contributed by atoms with Gasteiger partial charge in [-0.15, -0.1) is 0 Å². The molecule has 2 aromatic heterocycles. The van der Waals surface area contributed by atoms with Gasteiger partial charge >= 0.3 is 0 Å². The van der Waals surface area contributed by atoms with Crippen molar-refractivity contribution in [1.82, 2.24) is 24.6 Å². The minimum absolute atomic E-state index is 0.182. The number of carbonyl (C=O) groups is 1. The van der Waals surface area contributed by atoms with Crippen LogP contribution in [0, 0.1) is 0 Å². The molecular formula is C10H14N6O. The molecular weight excluding hydrogens is 220 g/mol. The summed E-state index contributed by atoms with van der Waals surface area (Å²) in [6, 6.07) is 0. The molecule has 0 aliphatic heterocycles. The summed E-state index contributed by atoms with van der Waals surface area (Å²) < 4.78 is 1.47. The molecule has 0 aromatic carbocycles. The fraction of sp³-hybridized carbons (Fsp3) is 0.300. The number of nitrogen functional groups attached to an aromatic ring is 1. The van der Waals surface area contributed by atoms with Crippen LogP contribution in [0.3, 0.4) is 0 Å². The first-order valence-electron chi connectivity index (χ1n) is 5.10. The van der Waals surface area contributed by atoms with Crippen molar-refractivity contribution < 1.29 is 4.79 Å². The second-order valence-electron chi connectivity index (χ2n) is 3.77. The van der Waals surface area contributed by atoms with Crippen molar-refractivity contribution in [3.8, 4) is 0 Å². The largest absolute Gasteiger partial charge is 0.396 e. The van der Waals surface area contributed by atoms with E-state index in [2.05, 4.69) is 15.1 Å². The Morgan fingerprint density at radius 1 is 1.65 bits per heavy atom. The van der Waals surface area contributed by atoms with Gasteiger partial charge in [-0.3, -0.25) is 9.48 Å². The van der Waals surface area contributed by atoms with Crippen LogP contribution in [0.5, 0.6) is 0 Å². The highest BCUT2D eigenvalue weighted by molar-refractivity contribution is 5.97. The Morgan fingerprint density at radius 2 is 2.41 bits per heavy atom. The van der Waals surface area contributed by atoms with Gasteiger partial charge < -0.3 is 15.6 Å². The van der Waals surface area contributed by atoms with Crippen molar-refractivity contribution in [1.29, 1.82) is 0 Å². The number of hydrogen-bond acceptors (Lipinski definition) is 4. The molecule has 0 saturated carbocycles. The Hall–Kier alpha value is -2.31. The van der Waals surface area contributed by atoms with Crippen molar-refractivity contribution in [3.63, 3.8) is 0 Å². The number of aromatic nitrogens is 4. The number of nitrogens with zero attached hydrogens (tertiary/aromatic N) is 4. The summed E-state index contributed by atoms with van der Waals surface area (Å²) in [5.41, 5.74) is 6.47. The lowest BCUT2D eigenvalue weighted by Gasteiger charge is -2.16. The number of anilines is 1. The highest BCUT2D eigenvalue weighted by Gasteiger charge is 2.19. The number of amides is 1. The molecule has 0 radical (unpaired) electrons. The molecule has 0 aliphatic carbocycles. The van der Waals surface area contributed by atoms with E-state index in [-0.39, 0.29) is 5.91 Å². The van der Waals surface area contributed by atoms with Gasteiger partial charge in [-0.05, 0) is 0 Å². The SMILES string of the molecule is CN(Cc1ncc[nH]1)C(=O)c1c(N)cnn1C. The van der Waals surface area contributed by atoms with Gasteiger partial charge in [-0.25, -0.2) is 4.98 Å². The summed E-state index contributed by atoms with van der Waals surface area (Å²) in [7, 11) is 3.38. The zero-order valence-corrected chi connectivity index (χ0v) is 9.71. The Kier molecular flexibility index (Phi) is 2.82. The Balaban J connectivity index is 2.15. The molecule has 2 rings (SSSR count). The van der Waals surface area contributed by atoms with E-state index in [0.717, 1.165) is 5.82 Å². The van der Waals surface area contributed by atoms with E-state index in [1.807, 2.05) is 0 Å². The minimum atomic E-state index is -0.182. The smallest absolute Gasteiger partial charge is 0.274 e. The molecule has 7 nitrogen and oxygen atoms in total. The zero-order valence-electron chi connectivity index (χ0n) is 9.71. The number of nitrogens with one attached hydrogen (secondary N) is 1. The van der Waals surface area contributed by atoms with Gasteiger partial charge in [0.15, 0.2) is 0 Å². The van der Waals surface area contributed by atoms with E-state index in [0.29, 0.717) is 17.9 Å². The molecule has 90 valence electrons. The second-order valence-corrected chi connectivity index (χ2v) is 3.77. The van der Waals surface area contributed by atoms with Crippen LogP contribution in [0.15, 0.2) is 18.6 Å². The molecule has 0 aliphatic rings. The molecule has 0 saturated heterocycles. The first-order chi connectivity index (χ1) is 8.09. The van der Waals surface area contributed by atoms with Gasteiger partial charge in [-0.2, -0.15) is 5.10 Å². The van der Waals surface area contributed by atoms with Gasteiger partial charge in [0.25, 0.3) is 5.91 Å². The Bertz CT molecular complexity index is 495. The third-order valence-corrected chi connectivity index (χ3v) is 2.46. The van der Waals surface area contributed by atoms with Gasteiger partial charge in [0.05, 0.1) is 18.4 Å². The summed E-state index contributed by atoms with van der Waals surface area (Å²) in [5, 5.41) is 3.94. The molecule has 2 heterocycles. The zero-order chi connectivity index (χ0) is 12.4. The van der Waals surface area contributed by atoms with Crippen LogP contribution in [0.25, 0.3) is 0 Å². The van der Waals surface area contributed by atoms with Gasteiger partial charge in [0.2, 0.25) is 0 Å². The number of nitrogens with two attached hydrogens (primary N) is 1. The van der Waals surface area contributed by atoms with E-state index in [1.54, 1.807) is 26.5 Å². The number of carbonyl (C=O) groups excluding carboxylic acids is 1. The average molecular weight is 234 g/mol. The normalized spacial score (nSPS) is 10.5. The summed E-state index contributed by atoms with van der Waals surface area (Å²) >= 11 is 0. The molecule has 0 bridgehead atoms. The maximum Gasteiger partial charge on any atom is 0.274 e. The molecule has 1 amide bonds. The van der Waals surface area contributed by atoms with E-state index < -0.39 is 0 Å². The Labute approximate surface area is 98.2 Å². The van der Waals surface area contributed by atoms with Crippen molar-refractivity contribution in [3.05, 3.63) is 30.1 Å². The molecule has 0 unspecified atom stereocenters. The van der Waals surface area contributed by atoms with Crippen LogP contribution < -0.4 is 5.73 Å². The molecule has 17 heavy (non-hydrogen) atoms. The highest BCUT2D eigenvalue weighted by atomic mass is 16.2. The predicted molar refractivity (Wildman–Crippen MR) is 62.0 cm³/mol. The third kappa shape index (κ3) is 2.12. The van der Waals surface area contributed by atoms with E-state index in [4.69, 9.17) is 5.73 Å². The van der Waals surface area contributed by atoms with Gasteiger partial charge in [-0.1, -0.05) is 0 Å². The van der Waals surface area contributed by atoms with E-state index in [9.17, 15) is 4.79 Å². The number of imidazole rings is 1. The lowest BCUT2D eigenvalue weighted by molar-refractivity contribution is 0.0772. The average Bonchev–Trinajstić information content (AvgIpc) is 2.89. The van der Waals surface area contributed by atoms with Crippen LogP contribution in [0.2, 0.25) is 0 Å². The fourth-order valence-corrected chi connectivity index (χ4v) is 1.58. The van der Waals surface area contributed by atoms with Crippen LogP contribution >= 0.6 is 0 Å². The lowest BCUT2D eigenvalue weighted by atomic mass is 10.3. The van der Waals surface area contributed by atoms with E-state index >= 15 is 0 Å². The van der Waals surface area contributed by atoms with Crippen LogP contribution in [0.4, 0.5) is 5.69 Å². The van der Waals surface area contributed by atoms with E-state index in [1.165, 1.54) is 15.8 Å². The monoisotopic (exact) mass is 234 g/mol. The molecule has 7 heteroatoms. The van der Waals surface area contributed by atoms with Crippen LogP contribution in [0.1, 0.15) is 16.3 Å². The molecule has 3 N–H and O–H groups in total. The number of aromatic amines is 1. The number of rotatable bonds is 3. The second kappa shape index (κ2) is 4.28. The first-order valence-corrected chi connectivity index (χ1v) is 5.10. The lowest BCUT2D eigenvalue weighted by Crippen LogP contribution is -2.29. The molecule has 0 atom stereocenters. The number of aryl methyl sites for hydroxylation is 1. The first kappa shape index (κ1) is 11.2. The summed E-state index contributed by atoms with van der Waals surface area (Å²) in [5.74, 6) is 0.542. The molecule has 2 aromatic rings. The van der Waals surface area contributed by atoms with Crippen molar-refractivity contribution >= 4 is 11.6 Å². The number of hydrogen-bond donors (Lipinski definition) is 2. The van der Waals surface area contributed by atoms with Gasteiger partial charge in [0.1, 0.15) is 11.5 Å². The maximum absolute atomic E-state index is 12.1. The minimum Gasteiger partial charge on any atom is -0.396 e. The number of H-pyrrole nitrogens is 1. The third-order valence-electron chi connectivity index (χ3n) is 2.46. The predicted octanol–water partition coefficient (Wildman–Crippen LogP) is -0.00240. The summed E-state index contributed by atoms with van der Waals surface area (Å²) in [6.07, 6.45) is 4.83. The van der Waals surface area contributed by atoms with Gasteiger partial charge in [0, 0.05) is 26.5 Å². The summed E-state index contributed by atoms with van der Waals surface area (Å²) in [4.78, 5) is 20.7. The van der Waals surface area contributed by atoms with Crippen molar-refractivity contribution in [2.75, 3.05) is 12.8 Å². The van der Waals surface area contributed by atoms with Crippen LogP contribution in [-0.4, -0.2) is 37.6 Å². The quantitative estimate of drug-likeness (QED) is 0.781. The van der Waals surface area contributed by atoms with Crippen molar-refractivity contribution in [2.24, 2.45) is 7.05 Å². The topological polar surface area (TPSA) is 92.8 Å². The summed E-state index contributed by atoms with van der Waals surface area (Å²) in [6.45, 7) is 0.399. The molecule has 0 spiro atoms. The Morgan fingerprint density at radius 3 is 2.94 bits per heavy atom. The van der Waals surface area contributed by atoms with Crippen molar-refractivity contribution in [2.45, 2.75) is 6.54 Å². The fourth-order valence-electron chi connectivity index (χ4n) is 1.58. The van der Waals surface area contributed by atoms with Crippen LogP contribution in [-0.2, 0) is 13.6 Å². The maximum atomic E-state index is 12.1.